The molecular formula is C23H38INOS. The van der Waals surface area contributed by atoms with Crippen LogP contribution >= 0.6 is 34.4 Å². The highest BCUT2D eigenvalue weighted by molar-refractivity contribution is 14.1. The summed E-state index contributed by atoms with van der Waals surface area (Å²) in [7, 11) is 0. The summed E-state index contributed by atoms with van der Waals surface area (Å²) in [5.74, 6) is 3.51. The molecule has 0 bridgehead atoms. The number of alkyl halides is 1. The van der Waals surface area contributed by atoms with Gasteiger partial charge in [0.1, 0.15) is 9.86 Å². The van der Waals surface area contributed by atoms with Gasteiger partial charge in [-0.25, -0.2) is 0 Å². The lowest BCUT2D eigenvalue weighted by molar-refractivity contribution is 0.286. The minimum Gasteiger partial charge on any atom is -0.478 e. The first kappa shape index (κ1) is 23.2. The second-order valence-electron chi connectivity index (χ2n) is 7.57. The lowest BCUT2D eigenvalue weighted by Crippen LogP contribution is -2.32. The van der Waals surface area contributed by atoms with Crippen LogP contribution in [0.5, 0.6) is 5.75 Å². The van der Waals surface area contributed by atoms with E-state index in [0.717, 1.165) is 25.3 Å². The molecule has 1 aliphatic rings. The molecule has 27 heavy (non-hydrogen) atoms. The first-order chi connectivity index (χ1) is 13.3. The zero-order valence-electron chi connectivity index (χ0n) is 17.1. The molecule has 1 heterocycles. The van der Waals surface area contributed by atoms with Crippen LogP contribution in [0.3, 0.4) is 0 Å². The van der Waals surface area contributed by atoms with Crippen molar-refractivity contribution in [1.29, 1.82) is 0 Å². The molecule has 1 saturated heterocycles. The van der Waals surface area contributed by atoms with Crippen LogP contribution in [0.15, 0.2) is 24.3 Å². The monoisotopic (exact) mass is 503 g/mol. The lowest BCUT2D eigenvalue weighted by atomic mass is 10.1. The van der Waals surface area contributed by atoms with Crippen LogP contribution in [0, 0.1) is 0 Å². The van der Waals surface area contributed by atoms with Crippen LogP contribution in [0.2, 0.25) is 0 Å². The molecule has 2 rings (SSSR count). The molecular weight excluding hydrogens is 465 g/mol. The summed E-state index contributed by atoms with van der Waals surface area (Å²) in [6.07, 6.45) is 15.1. The number of unbranched alkanes of at least 4 members (excludes halogenated alkanes) is 9. The first-order valence-electron chi connectivity index (χ1n) is 11.0. The van der Waals surface area contributed by atoms with Gasteiger partial charge in [0.2, 0.25) is 0 Å². The Labute approximate surface area is 185 Å². The highest BCUT2D eigenvalue weighted by atomic mass is 127. The van der Waals surface area contributed by atoms with Crippen molar-refractivity contribution in [2.45, 2.75) is 81.7 Å². The van der Waals surface area contributed by atoms with Gasteiger partial charge in [-0.2, -0.15) is 11.8 Å². The number of anilines is 1. The van der Waals surface area contributed by atoms with Gasteiger partial charge in [0.25, 0.3) is 0 Å². The van der Waals surface area contributed by atoms with Gasteiger partial charge in [0.05, 0.1) is 5.69 Å². The normalized spacial score (nSPS) is 15.7. The number of thioether (sulfide) groups is 1. The highest BCUT2D eigenvalue weighted by Gasteiger charge is 2.16. The molecule has 154 valence electrons. The number of benzene rings is 1. The quantitative estimate of drug-likeness (QED) is 0.147. The zero-order valence-corrected chi connectivity index (χ0v) is 20.1. The Hall–Kier alpha value is -0.100. The highest BCUT2D eigenvalue weighted by Crippen LogP contribution is 2.32. The third-order valence-corrected chi connectivity index (χ3v) is 7.08. The van der Waals surface area contributed by atoms with Crippen molar-refractivity contribution in [3.8, 4) is 5.75 Å². The van der Waals surface area contributed by atoms with Crippen molar-refractivity contribution in [3.63, 3.8) is 0 Å². The number of para-hydroxylation sites is 2. The van der Waals surface area contributed by atoms with E-state index in [1.54, 1.807) is 0 Å². The molecule has 1 unspecified atom stereocenters. The van der Waals surface area contributed by atoms with Crippen LogP contribution in [0.1, 0.15) is 77.6 Å². The number of halogens is 1. The SMILES string of the molecule is CCCCCCCCCCCCC(I)Oc1ccccc1N1CCSCC1. The standard InChI is InChI=1S/C23H38INOS/c1-2-3-4-5-6-7-8-9-10-11-16-23(24)26-22-15-13-12-14-21(22)25-17-19-27-20-18-25/h12-15,23H,2-11,16-20H2,1H3. The summed E-state index contributed by atoms with van der Waals surface area (Å²) in [6.45, 7) is 4.56. The first-order valence-corrected chi connectivity index (χ1v) is 13.4. The maximum absolute atomic E-state index is 6.32. The molecule has 0 radical (unpaired) electrons. The predicted octanol–water partition coefficient (Wildman–Crippen LogP) is 7.69. The minimum absolute atomic E-state index is 0.275. The van der Waals surface area contributed by atoms with Crippen molar-refractivity contribution in [1.82, 2.24) is 0 Å². The number of hydrogen-bond donors (Lipinski definition) is 0. The Morgan fingerprint density at radius 3 is 2.19 bits per heavy atom. The molecule has 1 aromatic carbocycles. The van der Waals surface area contributed by atoms with Crippen molar-refractivity contribution >= 4 is 40.0 Å². The summed E-state index contributed by atoms with van der Waals surface area (Å²) in [5, 5.41) is 0. The fourth-order valence-corrected chi connectivity index (χ4v) is 5.23. The molecule has 1 fully saturated rings. The maximum Gasteiger partial charge on any atom is 0.149 e. The number of hydrogen-bond acceptors (Lipinski definition) is 3. The summed E-state index contributed by atoms with van der Waals surface area (Å²) in [5.41, 5.74) is 1.28. The van der Waals surface area contributed by atoms with E-state index in [0.29, 0.717) is 0 Å². The van der Waals surface area contributed by atoms with Gasteiger partial charge in [-0.15, -0.1) is 0 Å². The fourth-order valence-electron chi connectivity index (χ4n) is 3.61. The van der Waals surface area contributed by atoms with E-state index < -0.39 is 0 Å². The molecule has 0 amide bonds. The average Bonchev–Trinajstić information content (AvgIpc) is 2.70. The molecule has 2 nitrogen and oxygen atoms in total. The van der Waals surface area contributed by atoms with Crippen LogP contribution in [-0.2, 0) is 0 Å². The van der Waals surface area contributed by atoms with Crippen LogP contribution < -0.4 is 9.64 Å². The Bertz CT molecular complexity index is 493. The smallest absolute Gasteiger partial charge is 0.149 e. The number of nitrogens with zero attached hydrogens (tertiary/aromatic N) is 1. The second kappa shape index (κ2) is 14.8. The van der Waals surface area contributed by atoms with E-state index in [2.05, 4.69) is 70.4 Å². The third kappa shape index (κ3) is 9.78. The van der Waals surface area contributed by atoms with Gasteiger partial charge in [0.15, 0.2) is 0 Å². The molecule has 1 atom stereocenters. The number of rotatable bonds is 14. The topological polar surface area (TPSA) is 12.5 Å². The van der Waals surface area contributed by atoms with Crippen LogP contribution in [0.4, 0.5) is 5.69 Å². The summed E-state index contributed by atoms with van der Waals surface area (Å²) in [4.78, 5) is 2.48. The molecule has 0 saturated carbocycles. The van der Waals surface area contributed by atoms with E-state index in [-0.39, 0.29) is 4.11 Å². The molecule has 0 N–H and O–H groups in total. The summed E-state index contributed by atoms with van der Waals surface area (Å²) in [6, 6.07) is 8.59. The average molecular weight is 504 g/mol. The maximum atomic E-state index is 6.32. The Kier molecular flexibility index (Phi) is 12.7. The van der Waals surface area contributed by atoms with Crippen LogP contribution in [0.25, 0.3) is 0 Å². The second-order valence-corrected chi connectivity index (χ2v) is 10.2. The molecule has 0 spiro atoms. The summed E-state index contributed by atoms with van der Waals surface area (Å²) < 4.78 is 6.59. The van der Waals surface area contributed by atoms with E-state index in [1.165, 1.54) is 81.4 Å². The number of ether oxygens (including phenoxy) is 1. The van der Waals surface area contributed by atoms with E-state index in [1.807, 2.05) is 0 Å². The predicted molar refractivity (Wildman–Crippen MR) is 131 cm³/mol. The van der Waals surface area contributed by atoms with Crippen molar-refractivity contribution in [3.05, 3.63) is 24.3 Å². The molecule has 1 aromatic rings. The fraction of sp³-hybridized carbons (Fsp3) is 0.739. The zero-order chi connectivity index (χ0) is 19.2. The van der Waals surface area contributed by atoms with Crippen molar-refractivity contribution < 1.29 is 4.74 Å². The lowest BCUT2D eigenvalue weighted by Gasteiger charge is -2.30. The van der Waals surface area contributed by atoms with Gasteiger partial charge < -0.3 is 9.64 Å². The van der Waals surface area contributed by atoms with Gasteiger partial charge in [-0.3, -0.25) is 0 Å². The molecule has 1 aliphatic heterocycles. The van der Waals surface area contributed by atoms with Crippen molar-refractivity contribution in [2.75, 3.05) is 29.5 Å². The Morgan fingerprint density at radius 2 is 1.52 bits per heavy atom. The van der Waals surface area contributed by atoms with Gasteiger partial charge in [-0.05, 0) is 47.6 Å². The Morgan fingerprint density at radius 1 is 0.926 bits per heavy atom. The van der Waals surface area contributed by atoms with Gasteiger partial charge in [-0.1, -0.05) is 76.8 Å². The van der Waals surface area contributed by atoms with Gasteiger partial charge >= 0.3 is 0 Å². The Balaban J connectivity index is 1.59. The minimum atomic E-state index is 0.275. The summed E-state index contributed by atoms with van der Waals surface area (Å²) >= 11 is 4.53. The van der Waals surface area contributed by atoms with E-state index >= 15 is 0 Å². The third-order valence-electron chi connectivity index (χ3n) is 5.26. The molecule has 4 heteroatoms. The van der Waals surface area contributed by atoms with E-state index in [9.17, 15) is 0 Å². The van der Waals surface area contributed by atoms with Gasteiger partial charge in [0, 0.05) is 24.6 Å². The van der Waals surface area contributed by atoms with Crippen molar-refractivity contribution in [2.24, 2.45) is 0 Å². The molecule has 0 aromatic heterocycles. The molecule has 0 aliphatic carbocycles. The largest absolute Gasteiger partial charge is 0.478 e. The van der Waals surface area contributed by atoms with Crippen LogP contribution in [-0.4, -0.2) is 28.7 Å². The van der Waals surface area contributed by atoms with E-state index in [4.69, 9.17) is 4.74 Å².